The van der Waals surface area contributed by atoms with Crippen LogP contribution in [0.15, 0.2) is 22.8 Å². The second-order valence-corrected chi connectivity index (χ2v) is 8.42. The number of halogens is 4. The average molecular weight is 453 g/mol. The Morgan fingerprint density at radius 1 is 1.37 bits per heavy atom. The van der Waals surface area contributed by atoms with Crippen molar-refractivity contribution in [2.75, 3.05) is 13.1 Å². The van der Waals surface area contributed by atoms with E-state index in [9.17, 15) is 27.9 Å². The molecule has 150 valence electrons. The largest absolute Gasteiger partial charge is 0.481 e. The Labute approximate surface area is 162 Å². The molecule has 1 aliphatic heterocycles. The summed E-state index contributed by atoms with van der Waals surface area (Å²) in [5.41, 5.74) is -3.69. The Morgan fingerprint density at radius 2 is 2.00 bits per heavy atom. The lowest BCUT2D eigenvalue weighted by Gasteiger charge is -2.32. The summed E-state index contributed by atoms with van der Waals surface area (Å²) in [6.07, 6.45) is -4.83. The lowest BCUT2D eigenvalue weighted by molar-refractivity contribution is -0.237. The predicted molar refractivity (Wildman–Crippen MR) is 93.1 cm³/mol. The van der Waals surface area contributed by atoms with Crippen molar-refractivity contribution >= 4 is 28.0 Å². The quantitative estimate of drug-likeness (QED) is 0.752. The fraction of sp³-hybridized carbons (Fsp3) is 0.588. The van der Waals surface area contributed by atoms with E-state index in [1.54, 1.807) is 26.8 Å². The third-order valence-corrected chi connectivity index (χ3v) is 4.83. The van der Waals surface area contributed by atoms with Crippen LogP contribution < -0.4 is 0 Å². The monoisotopic (exact) mass is 452 g/mol. The van der Waals surface area contributed by atoms with Gasteiger partial charge in [0, 0.05) is 35.4 Å². The van der Waals surface area contributed by atoms with Crippen LogP contribution in [0.25, 0.3) is 0 Å². The Morgan fingerprint density at radius 3 is 2.44 bits per heavy atom. The number of likely N-dealkylation sites (tertiary alicyclic amines) is 1. The van der Waals surface area contributed by atoms with Gasteiger partial charge in [0.2, 0.25) is 0 Å². The highest BCUT2D eigenvalue weighted by Crippen LogP contribution is 2.50. The zero-order valence-electron chi connectivity index (χ0n) is 15.0. The van der Waals surface area contributed by atoms with Gasteiger partial charge < -0.3 is 14.7 Å². The number of aliphatic carboxylic acids is 1. The number of nitrogens with zero attached hydrogens (tertiary/aromatic N) is 2. The molecule has 10 heteroatoms. The molecule has 0 aromatic carbocycles. The van der Waals surface area contributed by atoms with Crippen molar-refractivity contribution < 1.29 is 32.6 Å². The summed E-state index contributed by atoms with van der Waals surface area (Å²) in [6.45, 7) is 3.36. The molecule has 1 aromatic rings. The third kappa shape index (κ3) is 4.53. The van der Waals surface area contributed by atoms with Gasteiger partial charge in [-0.25, -0.2) is 4.79 Å². The molecule has 1 aliphatic rings. The first-order chi connectivity index (χ1) is 12.3. The predicted octanol–water partition coefficient (Wildman–Crippen LogP) is 3.89. The van der Waals surface area contributed by atoms with Crippen molar-refractivity contribution in [3.05, 3.63) is 28.5 Å². The molecular weight excluding hydrogens is 433 g/mol. The summed E-state index contributed by atoms with van der Waals surface area (Å²) in [5.74, 6) is -3.40. The van der Waals surface area contributed by atoms with Crippen molar-refractivity contribution in [2.24, 2.45) is 11.3 Å². The minimum Gasteiger partial charge on any atom is -0.481 e. The molecule has 0 aliphatic carbocycles. The van der Waals surface area contributed by atoms with Crippen molar-refractivity contribution in [3.63, 3.8) is 0 Å². The van der Waals surface area contributed by atoms with Crippen LogP contribution in [0.1, 0.15) is 26.5 Å². The molecule has 6 nitrogen and oxygen atoms in total. The summed E-state index contributed by atoms with van der Waals surface area (Å²) in [5, 5.41) is 9.50. The van der Waals surface area contributed by atoms with E-state index in [1.165, 1.54) is 12.3 Å². The Hall–Kier alpha value is -1.84. The second-order valence-electron chi connectivity index (χ2n) is 7.50. The zero-order chi connectivity index (χ0) is 20.6. The smallest absolute Gasteiger partial charge is 0.410 e. The highest BCUT2D eigenvalue weighted by Gasteiger charge is 2.69. The molecule has 2 rings (SSSR count). The van der Waals surface area contributed by atoms with Crippen LogP contribution in [0.3, 0.4) is 0 Å². The van der Waals surface area contributed by atoms with Crippen LogP contribution in [0.4, 0.5) is 18.0 Å². The maximum atomic E-state index is 13.9. The van der Waals surface area contributed by atoms with E-state index in [0.29, 0.717) is 10.2 Å². The van der Waals surface area contributed by atoms with E-state index in [-0.39, 0.29) is 6.42 Å². The molecule has 1 saturated heterocycles. The molecule has 27 heavy (non-hydrogen) atoms. The number of carbonyl (C=O) groups excluding carboxylic acids is 1. The lowest BCUT2D eigenvalue weighted by atomic mass is 9.75. The van der Waals surface area contributed by atoms with Crippen LogP contribution in [0.5, 0.6) is 0 Å². The number of hydrogen-bond acceptors (Lipinski definition) is 4. The van der Waals surface area contributed by atoms with E-state index in [1.807, 2.05) is 0 Å². The van der Waals surface area contributed by atoms with E-state index in [2.05, 4.69) is 20.9 Å². The number of rotatable bonds is 3. The van der Waals surface area contributed by atoms with Crippen LogP contribution in [0, 0.1) is 11.3 Å². The summed E-state index contributed by atoms with van der Waals surface area (Å²) < 4.78 is 47.4. The van der Waals surface area contributed by atoms with Gasteiger partial charge in [0.25, 0.3) is 0 Å². The van der Waals surface area contributed by atoms with Gasteiger partial charge >= 0.3 is 18.2 Å². The van der Waals surface area contributed by atoms with Gasteiger partial charge in [0.05, 0.1) is 0 Å². The zero-order valence-corrected chi connectivity index (χ0v) is 16.6. The summed E-state index contributed by atoms with van der Waals surface area (Å²) in [4.78, 5) is 28.9. The first-order valence-electron chi connectivity index (χ1n) is 8.15. The van der Waals surface area contributed by atoms with Gasteiger partial charge in [-0.3, -0.25) is 9.78 Å². The number of amides is 1. The number of pyridine rings is 1. The molecule has 1 amide bonds. The molecule has 1 fully saturated rings. The normalized spacial score (nSPS) is 23.4. The average Bonchev–Trinajstić information content (AvgIpc) is 2.88. The summed E-state index contributed by atoms with van der Waals surface area (Å²) in [6, 6.07) is 3.13. The van der Waals surface area contributed by atoms with Crippen molar-refractivity contribution in [3.8, 4) is 0 Å². The first kappa shape index (κ1) is 21.5. The van der Waals surface area contributed by atoms with Gasteiger partial charge in [0.15, 0.2) is 5.41 Å². The fourth-order valence-corrected chi connectivity index (χ4v) is 3.32. The standard InChI is InChI=1S/C17H20BrF3N2O4/c1-15(2,3)27-14(26)23-8-10(6-12-5-4-11(18)7-22-12)16(9-23,13(24)25)17(19,20)21/h4-5,7,10H,6,8-9H2,1-3H3,(H,24,25). The molecule has 0 saturated carbocycles. The van der Waals surface area contributed by atoms with E-state index >= 15 is 0 Å². The highest BCUT2D eigenvalue weighted by atomic mass is 79.9. The molecular formula is C17H20BrF3N2O4. The van der Waals surface area contributed by atoms with Crippen LogP contribution >= 0.6 is 15.9 Å². The second kappa shape index (κ2) is 7.29. The Bertz CT molecular complexity index is 718. The molecule has 1 N–H and O–H groups in total. The van der Waals surface area contributed by atoms with Crippen LogP contribution in [0.2, 0.25) is 0 Å². The molecule has 2 unspecified atom stereocenters. The number of carboxylic acid groups (broad SMARTS) is 1. The van der Waals surface area contributed by atoms with Gasteiger partial charge in [-0.2, -0.15) is 13.2 Å². The number of carbonyl (C=O) groups is 2. The molecule has 0 spiro atoms. The number of carboxylic acids is 1. The van der Waals surface area contributed by atoms with Gasteiger partial charge in [0.1, 0.15) is 5.60 Å². The van der Waals surface area contributed by atoms with Crippen LogP contribution in [-0.2, 0) is 16.0 Å². The highest BCUT2D eigenvalue weighted by molar-refractivity contribution is 9.10. The van der Waals surface area contributed by atoms with E-state index in [4.69, 9.17) is 4.74 Å². The number of aromatic nitrogens is 1. The maximum Gasteiger partial charge on any atom is 0.410 e. The van der Waals surface area contributed by atoms with Gasteiger partial charge in [-0.05, 0) is 55.3 Å². The third-order valence-electron chi connectivity index (χ3n) is 4.36. The number of hydrogen-bond donors (Lipinski definition) is 1. The molecule has 2 heterocycles. The Kier molecular flexibility index (Phi) is 5.79. The Balaban J connectivity index is 2.38. The maximum absolute atomic E-state index is 13.9. The number of alkyl halides is 3. The molecule has 0 radical (unpaired) electrons. The van der Waals surface area contributed by atoms with Crippen LogP contribution in [-0.4, -0.2) is 51.9 Å². The molecule has 1 aromatic heterocycles. The van der Waals surface area contributed by atoms with Crippen molar-refractivity contribution in [1.82, 2.24) is 9.88 Å². The van der Waals surface area contributed by atoms with E-state index < -0.39 is 48.3 Å². The van der Waals surface area contributed by atoms with Crippen molar-refractivity contribution in [2.45, 2.75) is 39.0 Å². The fourth-order valence-electron chi connectivity index (χ4n) is 3.09. The summed E-state index contributed by atoms with van der Waals surface area (Å²) >= 11 is 3.19. The SMILES string of the molecule is CC(C)(C)OC(=O)N1CC(Cc2ccc(Br)cn2)C(C(=O)O)(C(F)(F)F)C1. The lowest BCUT2D eigenvalue weighted by Crippen LogP contribution is -2.52. The topological polar surface area (TPSA) is 79.7 Å². The van der Waals surface area contributed by atoms with Gasteiger partial charge in [-0.1, -0.05) is 0 Å². The first-order valence-corrected chi connectivity index (χ1v) is 8.94. The van der Waals surface area contributed by atoms with E-state index in [0.717, 1.165) is 4.90 Å². The molecule has 0 bridgehead atoms. The number of ether oxygens (including phenoxy) is 1. The summed E-state index contributed by atoms with van der Waals surface area (Å²) in [7, 11) is 0. The molecule has 2 atom stereocenters. The minimum atomic E-state index is -5.05. The van der Waals surface area contributed by atoms with Crippen molar-refractivity contribution in [1.29, 1.82) is 0 Å². The van der Waals surface area contributed by atoms with Gasteiger partial charge in [-0.15, -0.1) is 0 Å². The minimum absolute atomic E-state index is 0.238.